The molecule has 0 amide bonds. The number of ether oxygens (including phenoxy) is 1. The molecule has 0 fully saturated rings. The van der Waals surface area contributed by atoms with E-state index in [0.29, 0.717) is 23.1 Å². The summed E-state index contributed by atoms with van der Waals surface area (Å²) in [5.74, 6) is 1.46. The zero-order valence-corrected chi connectivity index (χ0v) is 19.4. The van der Waals surface area contributed by atoms with Gasteiger partial charge in [0.25, 0.3) is 0 Å². The van der Waals surface area contributed by atoms with Crippen LogP contribution in [0.5, 0.6) is 11.5 Å². The van der Waals surface area contributed by atoms with Gasteiger partial charge < -0.3 is 15.2 Å². The van der Waals surface area contributed by atoms with Crippen LogP contribution in [0, 0.1) is 0 Å². The summed E-state index contributed by atoms with van der Waals surface area (Å²) < 4.78 is 6.08. The molecule has 8 heteroatoms. The largest absolute Gasteiger partial charge is 0.481 e. The molecule has 168 valence electrons. The number of nitrogens with one attached hydrogen (secondary N) is 1. The van der Waals surface area contributed by atoms with E-state index in [0.717, 1.165) is 28.6 Å². The Morgan fingerprint density at radius 2 is 1.82 bits per heavy atom. The van der Waals surface area contributed by atoms with E-state index < -0.39 is 5.97 Å². The summed E-state index contributed by atoms with van der Waals surface area (Å²) in [6, 6.07) is 21.7. The van der Waals surface area contributed by atoms with Crippen LogP contribution in [0.1, 0.15) is 17.7 Å². The van der Waals surface area contributed by atoms with Crippen molar-refractivity contribution in [3.05, 3.63) is 89.6 Å². The van der Waals surface area contributed by atoms with Crippen LogP contribution in [0.3, 0.4) is 0 Å². The number of aromatic nitrogens is 2. The first-order valence-electron chi connectivity index (χ1n) is 10.5. The fourth-order valence-corrected chi connectivity index (χ4v) is 4.62. The molecule has 0 atom stereocenters. The Balaban J connectivity index is 1.47. The first-order valence-corrected chi connectivity index (χ1v) is 12.3. The minimum Gasteiger partial charge on any atom is -0.481 e. The van der Waals surface area contributed by atoms with Gasteiger partial charge in [-0.1, -0.05) is 48.5 Å². The zero-order chi connectivity index (χ0) is 22.9. The number of nitrogens with zero attached hydrogens (tertiary/aromatic N) is 2. The van der Waals surface area contributed by atoms with Gasteiger partial charge in [0.1, 0.15) is 5.75 Å². The van der Waals surface area contributed by atoms with Crippen LogP contribution in [0.4, 0.5) is 10.9 Å². The normalized spacial score (nSPS) is 10.7. The van der Waals surface area contributed by atoms with Crippen LogP contribution < -0.4 is 10.1 Å². The van der Waals surface area contributed by atoms with Crippen LogP contribution in [0.15, 0.2) is 83.2 Å². The van der Waals surface area contributed by atoms with Gasteiger partial charge in [0, 0.05) is 22.2 Å². The number of carbonyl (C=O) groups is 1. The number of hydrogen-bond donors (Lipinski definition) is 2. The number of carboxylic acids is 1. The van der Waals surface area contributed by atoms with Crippen molar-refractivity contribution in [2.75, 3.05) is 11.1 Å². The monoisotopic (exact) mass is 477 g/mol. The van der Waals surface area contributed by atoms with E-state index in [1.165, 1.54) is 28.7 Å². The Kier molecular flexibility index (Phi) is 7.94. The molecule has 0 aliphatic heterocycles. The molecule has 0 unspecified atom stereocenters. The van der Waals surface area contributed by atoms with Crippen LogP contribution >= 0.6 is 23.1 Å². The molecule has 6 nitrogen and oxygen atoms in total. The number of hydrogen-bond acceptors (Lipinski definition) is 7. The number of thioether (sulfide) groups is 1. The quantitative estimate of drug-likeness (QED) is 0.241. The highest BCUT2D eigenvalue weighted by Crippen LogP contribution is 2.34. The third-order valence-corrected chi connectivity index (χ3v) is 6.44. The van der Waals surface area contributed by atoms with Crippen molar-refractivity contribution >= 4 is 40.0 Å². The lowest BCUT2D eigenvalue weighted by Gasteiger charge is -2.12. The predicted molar refractivity (Wildman–Crippen MR) is 133 cm³/mol. The Hall–Kier alpha value is -3.36. The lowest BCUT2D eigenvalue weighted by Crippen LogP contribution is -1.99. The zero-order valence-electron chi connectivity index (χ0n) is 17.8. The van der Waals surface area contributed by atoms with Crippen molar-refractivity contribution in [2.24, 2.45) is 0 Å². The van der Waals surface area contributed by atoms with E-state index in [4.69, 9.17) is 14.8 Å². The minimum atomic E-state index is -0.818. The summed E-state index contributed by atoms with van der Waals surface area (Å²) in [5, 5.41) is 15.0. The molecular weight excluding hydrogens is 454 g/mol. The Bertz CT molecular complexity index is 1180. The molecule has 0 bridgehead atoms. The average Bonchev–Trinajstić information content (AvgIpc) is 3.28. The number of anilines is 2. The molecule has 2 aromatic heterocycles. The summed E-state index contributed by atoms with van der Waals surface area (Å²) in [4.78, 5) is 20.9. The summed E-state index contributed by atoms with van der Waals surface area (Å²) in [6.07, 6.45) is 3.61. The Labute approximate surface area is 200 Å². The van der Waals surface area contributed by atoms with E-state index in [2.05, 4.69) is 27.8 Å². The maximum absolute atomic E-state index is 10.8. The molecule has 2 aromatic carbocycles. The highest BCUT2D eigenvalue weighted by molar-refractivity contribution is 7.99. The molecule has 0 saturated heterocycles. The van der Waals surface area contributed by atoms with Crippen molar-refractivity contribution in [3.8, 4) is 11.5 Å². The highest BCUT2D eigenvalue weighted by Gasteiger charge is 2.12. The molecule has 2 N–H and O–H groups in total. The molecule has 0 aliphatic carbocycles. The first-order chi connectivity index (χ1) is 16.2. The van der Waals surface area contributed by atoms with Crippen LogP contribution in [-0.2, 0) is 17.6 Å². The molecule has 0 radical (unpaired) electrons. The van der Waals surface area contributed by atoms with E-state index in [1.807, 2.05) is 54.6 Å². The van der Waals surface area contributed by atoms with Gasteiger partial charge in [-0.3, -0.25) is 4.79 Å². The van der Waals surface area contributed by atoms with Crippen molar-refractivity contribution in [1.82, 2.24) is 9.97 Å². The lowest BCUT2D eigenvalue weighted by atomic mass is 10.1. The summed E-state index contributed by atoms with van der Waals surface area (Å²) in [6.45, 7) is 0. The van der Waals surface area contributed by atoms with Gasteiger partial charge in [-0.25, -0.2) is 9.97 Å². The number of rotatable bonds is 11. The van der Waals surface area contributed by atoms with Crippen molar-refractivity contribution in [3.63, 3.8) is 0 Å². The molecule has 33 heavy (non-hydrogen) atoms. The minimum absolute atomic E-state index is 0.0877. The molecule has 4 rings (SSSR count). The van der Waals surface area contributed by atoms with Gasteiger partial charge in [0.05, 0.1) is 12.1 Å². The maximum atomic E-state index is 10.8. The number of thiazole rings is 1. The number of benzene rings is 2. The molecule has 0 saturated carbocycles. The van der Waals surface area contributed by atoms with E-state index in [1.54, 1.807) is 6.20 Å². The lowest BCUT2D eigenvalue weighted by molar-refractivity contribution is -0.136. The van der Waals surface area contributed by atoms with Crippen LogP contribution in [-0.4, -0.2) is 26.8 Å². The second-order valence-electron chi connectivity index (χ2n) is 7.18. The molecule has 0 aliphatic rings. The third-order valence-electron chi connectivity index (χ3n) is 4.67. The SMILES string of the molecule is O=C(O)CCSc1cnc(Nc2nc(CCc3ccccc3)cs2)c(Oc2ccccc2)c1. The van der Waals surface area contributed by atoms with E-state index >= 15 is 0 Å². The standard InChI is InChI=1S/C25H23N3O3S2/c29-23(30)13-14-32-21-15-22(31-20-9-5-2-6-10-20)24(26-16-21)28-25-27-19(17-33-25)12-11-18-7-3-1-4-8-18/h1-10,15-17H,11-14H2,(H,29,30)(H,26,27,28). The third kappa shape index (κ3) is 7.06. The maximum Gasteiger partial charge on any atom is 0.304 e. The number of para-hydroxylation sites is 1. The first kappa shape index (κ1) is 22.8. The number of aryl methyl sites for hydroxylation is 2. The number of aliphatic carboxylic acids is 1. The number of carboxylic acid groups (broad SMARTS) is 1. The molecule has 0 spiro atoms. The predicted octanol–water partition coefficient (Wildman–Crippen LogP) is 6.43. The van der Waals surface area contributed by atoms with Crippen LogP contribution in [0.2, 0.25) is 0 Å². The van der Waals surface area contributed by atoms with Crippen molar-refractivity contribution in [2.45, 2.75) is 24.2 Å². The fourth-order valence-electron chi connectivity index (χ4n) is 3.05. The molecule has 4 aromatic rings. The highest BCUT2D eigenvalue weighted by atomic mass is 32.2. The van der Waals surface area contributed by atoms with Crippen molar-refractivity contribution in [1.29, 1.82) is 0 Å². The van der Waals surface area contributed by atoms with E-state index in [-0.39, 0.29) is 6.42 Å². The summed E-state index contributed by atoms with van der Waals surface area (Å²) in [5.41, 5.74) is 2.31. The second kappa shape index (κ2) is 11.5. The Morgan fingerprint density at radius 3 is 2.58 bits per heavy atom. The molecule has 2 heterocycles. The number of pyridine rings is 1. The van der Waals surface area contributed by atoms with Crippen LogP contribution in [0.25, 0.3) is 0 Å². The summed E-state index contributed by atoms with van der Waals surface area (Å²) >= 11 is 2.96. The van der Waals surface area contributed by atoms with Gasteiger partial charge in [-0.15, -0.1) is 23.1 Å². The molecular formula is C25H23N3O3S2. The van der Waals surface area contributed by atoms with Gasteiger partial charge in [-0.2, -0.15) is 0 Å². The fraction of sp³-hybridized carbons (Fsp3) is 0.160. The second-order valence-corrected chi connectivity index (χ2v) is 9.21. The van der Waals surface area contributed by atoms with Crippen molar-refractivity contribution < 1.29 is 14.6 Å². The smallest absolute Gasteiger partial charge is 0.304 e. The van der Waals surface area contributed by atoms with Gasteiger partial charge >= 0.3 is 5.97 Å². The van der Waals surface area contributed by atoms with E-state index in [9.17, 15) is 4.79 Å². The van der Waals surface area contributed by atoms with Gasteiger partial charge in [0.2, 0.25) is 0 Å². The summed E-state index contributed by atoms with van der Waals surface area (Å²) in [7, 11) is 0. The topological polar surface area (TPSA) is 84.3 Å². The van der Waals surface area contributed by atoms with Gasteiger partial charge in [0.15, 0.2) is 16.7 Å². The average molecular weight is 478 g/mol. The van der Waals surface area contributed by atoms with Gasteiger partial charge in [-0.05, 0) is 36.6 Å². The Morgan fingerprint density at radius 1 is 1.06 bits per heavy atom.